The van der Waals surface area contributed by atoms with Crippen LogP contribution in [0.15, 0.2) is 53.9 Å². The van der Waals surface area contributed by atoms with Gasteiger partial charge in [-0.15, -0.1) is 6.58 Å². The molecule has 0 atom stereocenters. The summed E-state index contributed by atoms with van der Waals surface area (Å²) in [4.78, 5) is 8.88. The lowest BCUT2D eigenvalue weighted by molar-refractivity contribution is 0.833. The van der Waals surface area contributed by atoms with Crippen molar-refractivity contribution < 1.29 is 0 Å². The summed E-state index contributed by atoms with van der Waals surface area (Å²) in [6, 6.07) is 7.91. The van der Waals surface area contributed by atoms with Gasteiger partial charge in [-0.25, -0.2) is 4.98 Å². The molecule has 0 spiro atoms. The molecule has 2 N–H and O–H groups in total. The quantitative estimate of drug-likeness (QED) is 0.747. The average molecular weight is 329 g/mol. The normalized spacial score (nSPS) is 10.8. The molecule has 3 rings (SSSR count). The highest BCUT2D eigenvalue weighted by atomic mass is 79.9. The summed E-state index contributed by atoms with van der Waals surface area (Å²) in [5, 5.41) is 1.04. The number of hydrogen-bond donors (Lipinski definition) is 1. The zero-order valence-electron chi connectivity index (χ0n) is 10.8. The number of aromatic nitrogens is 3. The van der Waals surface area contributed by atoms with Crippen LogP contribution in [0.4, 0.5) is 5.82 Å². The van der Waals surface area contributed by atoms with Crippen molar-refractivity contribution in [2.75, 3.05) is 5.73 Å². The summed E-state index contributed by atoms with van der Waals surface area (Å²) >= 11 is 3.54. The highest BCUT2D eigenvalue weighted by Crippen LogP contribution is 2.33. The standard InChI is InChI=1S/C15H13BrN4/c1-2-8-20-9-19-14(15(20)17)11-5-6-12(16)10-4-3-7-18-13(10)11/h2-7,9H,1,8,17H2. The second-order valence-electron chi connectivity index (χ2n) is 4.41. The van der Waals surface area contributed by atoms with Crippen molar-refractivity contribution in [2.45, 2.75) is 6.54 Å². The van der Waals surface area contributed by atoms with Crippen molar-refractivity contribution in [2.24, 2.45) is 0 Å². The minimum atomic E-state index is 0.624. The molecular formula is C15H13BrN4. The second kappa shape index (κ2) is 5.09. The third-order valence-electron chi connectivity index (χ3n) is 3.18. The number of nitrogen functional groups attached to an aromatic ring is 1. The first-order chi connectivity index (χ1) is 9.72. The molecule has 0 amide bonds. The maximum absolute atomic E-state index is 6.16. The summed E-state index contributed by atoms with van der Waals surface area (Å²) in [6.07, 6.45) is 5.29. The van der Waals surface area contributed by atoms with Gasteiger partial charge in [0.05, 0.1) is 11.8 Å². The Balaban J connectivity index is 2.25. The number of fused-ring (bicyclic) bond motifs is 1. The second-order valence-corrected chi connectivity index (χ2v) is 5.27. The lowest BCUT2D eigenvalue weighted by atomic mass is 10.1. The Morgan fingerprint density at radius 1 is 1.30 bits per heavy atom. The molecule has 0 fully saturated rings. The number of nitrogens with two attached hydrogens (primary N) is 1. The monoisotopic (exact) mass is 328 g/mol. The molecule has 5 heteroatoms. The van der Waals surface area contributed by atoms with Gasteiger partial charge in [-0.3, -0.25) is 4.98 Å². The SMILES string of the molecule is C=CCn1cnc(-c2ccc(Br)c3cccnc23)c1N. The first kappa shape index (κ1) is 12.9. The molecule has 0 saturated heterocycles. The van der Waals surface area contributed by atoms with E-state index in [0.29, 0.717) is 12.4 Å². The fourth-order valence-electron chi connectivity index (χ4n) is 2.21. The Morgan fingerprint density at radius 3 is 2.95 bits per heavy atom. The van der Waals surface area contributed by atoms with Gasteiger partial charge in [0.15, 0.2) is 0 Å². The van der Waals surface area contributed by atoms with Crippen molar-refractivity contribution in [1.82, 2.24) is 14.5 Å². The van der Waals surface area contributed by atoms with Crippen LogP contribution in [0.25, 0.3) is 22.2 Å². The number of hydrogen-bond acceptors (Lipinski definition) is 3. The fourth-order valence-corrected chi connectivity index (χ4v) is 2.66. The Bertz CT molecular complexity index is 792. The van der Waals surface area contributed by atoms with E-state index < -0.39 is 0 Å². The van der Waals surface area contributed by atoms with Crippen LogP contribution in [0, 0.1) is 0 Å². The maximum atomic E-state index is 6.16. The topological polar surface area (TPSA) is 56.7 Å². The Hall–Kier alpha value is -2.14. The van der Waals surface area contributed by atoms with Crippen LogP contribution in [-0.2, 0) is 6.54 Å². The number of anilines is 1. The highest BCUT2D eigenvalue weighted by molar-refractivity contribution is 9.10. The number of allylic oxidation sites excluding steroid dienone is 1. The molecule has 0 saturated carbocycles. The number of benzene rings is 1. The van der Waals surface area contributed by atoms with Gasteiger partial charge in [0.1, 0.15) is 11.5 Å². The van der Waals surface area contributed by atoms with Crippen molar-refractivity contribution >= 4 is 32.7 Å². The molecule has 0 unspecified atom stereocenters. The maximum Gasteiger partial charge on any atom is 0.131 e. The number of pyridine rings is 1. The molecule has 0 aliphatic carbocycles. The van der Waals surface area contributed by atoms with Crippen molar-refractivity contribution in [3.63, 3.8) is 0 Å². The predicted octanol–water partition coefficient (Wildman–Crippen LogP) is 3.63. The first-order valence-corrected chi connectivity index (χ1v) is 6.96. The summed E-state index contributed by atoms with van der Waals surface area (Å²) in [5.74, 6) is 0.624. The van der Waals surface area contributed by atoms with Crippen LogP contribution in [0.5, 0.6) is 0 Å². The van der Waals surface area contributed by atoms with E-state index in [9.17, 15) is 0 Å². The van der Waals surface area contributed by atoms with E-state index in [1.807, 2.05) is 28.8 Å². The minimum absolute atomic E-state index is 0.624. The van der Waals surface area contributed by atoms with Crippen LogP contribution in [-0.4, -0.2) is 14.5 Å². The molecule has 0 radical (unpaired) electrons. The zero-order valence-corrected chi connectivity index (χ0v) is 12.3. The Kier molecular flexibility index (Phi) is 3.28. The van der Waals surface area contributed by atoms with Gasteiger partial charge in [0, 0.05) is 28.2 Å². The summed E-state index contributed by atoms with van der Waals surface area (Å²) in [7, 11) is 0. The van der Waals surface area contributed by atoms with Gasteiger partial charge in [-0.05, 0) is 18.2 Å². The molecule has 4 nitrogen and oxygen atoms in total. The van der Waals surface area contributed by atoms with Gasteiger partial charge in [-0.2, -0.15) is 0 Å². The van der Waals surface area contributed by atoms with Gasteiger partial charge in [0.2, 0.25) is 0 Å². The molecule has 20 heavy (non-hydrogen) atoms. The zero-order chi connectivity index (χ0) is 14.1. The predicted molar refractivity (Wildman–Crippen MR) is 85.3 cm³/mol. The van der Waals surface area contributed by atoms with E-state index >= 15 is 0 Å². The van der Waals surface area contributed by atoms with Crippen LogP contribution in [0.2, 0.25) is 0 Å². The molecule has 2 aromatic heterocycles. The minimum Gasteiger partial charge on any atom is -0.383 e. The van der Waals surface area contributed by atoms with E-state index in [4.69, 9.17) is 5.73 Å². The molecule has 3 aromatic rings. The van der Waals surface area contributed by atoms with Crippen LogP contribution >= 0.6 is 15.9 Å². The lowest BCUT2D eigenvalue weighted by Crippen LogP contribution is -2.00. The number of imidazole rings is 1. The van der Waals surface area contributed by atoms with E-state index in [1.165, 1.54) is 0 Å². The van der Waals surface area contributed by atoms with Crippen molar-refractivity contribution in [3.8, 4) is 11.3 Å². The summed E-state index contributed by atoms with van der Waals surface area (Å²) in [5.41, 5.74) is 8.74. The molecule has 0 bridgehead atoms. The van der Waals surface area contributed by atoms with E-state index in [1.54, 1.807) is 18.6 Å². The summed E-state index contributed by atoms with van der Waals surface area (Å²) in [6.45, 7) is 4.36. The number of rotatable bonds is 3. The third-order valence-corrected chi connectivity index (χ3v) is 3.87. The van der Waals surface area contributed by atoms with Crippen LogP contribution < -0.4 is 5.73 Å². The van der Waals surface area contributed by atoms with Gasteiger partial charge in [-0.1, -0.05) is 28.1 Å². The summed E-state index contributed by atoms with van der Waals surface area (Å²) < 4.78 is 2.87. The fraction of sp³-hybridized carbons (Fsp3) is 0.0667. The molecule has 2 heterocycles. The van der Waals surface area contributed by atoms with Crippen LogP contribution in [0.1, 0.15) is 0 Å². The third kappa shape index (κ3) is 2.00. The Morgan fingerprint density at radius 2 is 2.15 bits per heavy atom. The van der Waals surface area contributed by atoms with Gasteiger partial charge < -0.3 is 10.3 Å². The number of nitrogens with zero attached hydrogens (tertiary/aromatic N) is 3. The van der Waals surface area contributed by atoms with Crippen molar-refractivity contribution in [3.05, 3.63) is 53.9 Å². The smallest absolute Gasteiger partial charge is 0.131 e. The molecule has 0 aliphatic heterocycles. The van der Waals surface area contributed by atoms with E-state index in [0.717, 1.165) is 26.6 Å². The van der Waals surface area contributed by atoms with Gasteiger partial charge >= 0.3 is 0 Å². The molecular weight excluding hydrogens is 316 g/mol. The molecule has 0 aliphatic rings. The first-order valence-electron chi connectivity index (χ1n) is 6.17. The Labute approximate surface area is 125 Å². The highest BCUT2D eigenvalue weighted by Gasteiger charge is 2.14. The molecule has 1 aromatic carbocycles. The van der Waals surface area contributed by atoms with Gasteiger partial charge in [0.25, 0.3) is 0 Å². The largest absolute Gasteiger partial charge is 0.383 e. The number of halogens is 1. The average Bonchev–Trinajstić information content (AvgIpc) is 2.82. The van der Waals surface area contributed by atoms with E-state index in [2.05, 4.69) is 32.5 Å². The lowest BCUT2D eigenvalue weighted by Gasteiger charge is -2.07. The molecule has 100 valence electrons. The van der Waals surface area contributed by atoms with Crippen molar-refractivity contribution in [1.29, 1.82) is 0 Å². The van der Waals surface area contributed by atoms with Crippen LogP contribution in [0.3, 0.4) is 0 Å². The van der Waals surface area contributed by atoms with E-state index in [-0.39, 0.29) is 0 Å².